The first-order valence-corrected chi connectivity index (χ1v) is 11.9. The zero-order chi connectivity index (χ0) is 22.9. The summed E-state index contributed by atoms with van der Waals surface area (Å²) in [6, 6.07) is 15.3. The Kier molecular flexibility index (Phi) is 7.35. The van der Waals surface area contributed by atoms with E-state index in [2.05, 4.69) is 94.5 Å². The first-order valence-electron chi connectivity index (χ1n) is 10.9. The number of rotatable bonds is 6. The minimum atomic E-state index is 0.364. The third kappa shape index (κ3) is 4.48. The van der Waals surface area contributed by atoms with E-state index in [4.69, 9.17) is 9.47 Å². The molecule has 3 rings (SSSR count). The van der Waals surface area contributed by atoms with Crippen molar-refractivity contribution in [3.63, 3.8) is 0 Å². The zero-order valence-corrected chi connectivity index (χ0v) is 22.0. The van der Waals surface area contributed by atoms with Crippen LogP contribution in [0, 0.1) is 17.4 Å². The number of benzene rings is 3. The molecular formula is C28H33IO2. The van der Waals surface area contributed by atoms with E-state index in [9.17, 15) is 0 Å². The lowest BCUT2D eigenvalue weighted by Crippen LogP contribution is -2.05. The van der Waals surface area contributed by atoms with Gasteiger partial charge in [-0.25, -0.2) is 0 Å². The lowest BCUT2D eigenvalue weighted by molar-refractivity contribution is 0.402. The molecule has 0 N–H and O–H groups in total. The van der Waals surface area contributed by atoms with Gasteiger partial charge in [0.25, 0.3) is 0 Å². The van der Waals surface area contributed by atoms with Crippen LogP contribution in [0.3, 0.4) is 0 Å². The summed E-state index contributed by atoms with van der Waals surface area (Å²) in [4.78, 5) is 0. The first-order chi connectivity index (χ1) is 14.7. The Hall–Kier alpha value is -2.01. The fourth-order valence-corrected chi connectivity index (χ4v) is 5.34. The molecule has 0 spiro atoms. The minimum absolute atomic E-state index is 0.364. The average Bonchev–Trinajstić information content (AvgIpc) is 2.72. The third-order valence-electron chi connectivity index (χ3n) is 5.97. The van der Waals surface area contributed by atoms with E-state index in [1.807, 2.05) is 12.1 Å². The molecule has 0 aliphatic rings. The fourth-order valence-electron chi connectivity index (χ4n) is 4.40. The van der Waals surface area contributed by atoms with E-state index in [-0.39, 0.29) is 0 Å². The molecule has 0 saturated carbocycles. The second kappa shape index (κ2) is 9.64. The molecule has 0 aliphatic heterocycles. The summed E-state index contributed by atoms with van der Waals surface area (Å²) < 4.78 is 12.6. The van der Waals surface area contributed by atoms with Gasteiger partial charge < -0.3 is 9.47 Å². The molecule has 0 fully saturated rings. The molecule has 3 aromatic rings. The van der Waals surface area contributed by atoms with Crippen LogP contribution in [-0.4, -0.2) is 14.2 Å². The van der Waals surface area contributed by atoms with E-state index in [0.717, 1.165) is 20.6 Å². The molecule has 0 amide bonds. The van der Waals surface area contributed by atoms with Crippen molar-refractivity contribution in [1.82, 2.24) is 0 Å². The van der Waals surface area contributed by atoms with Gasteiger partial charge in [-0.05, 0) is 99.4 Å². The SMILES string of the molecule is COc1ccc(OC)c(-c2c(C(C)C)cc(-c3c(C)cccc3C)cc2C(C)C)c1I. The molecule has 2 nitrogen and oxygen atoms in total. The summed E-state index contributed by atoms with van der Waals surface area (Å²) in [5, 5.41) is 0. The van der Waals surface area contributed by atoms with Crippen molar-refractivity contribution in [2.24, 2.45) is 0 Å². The Morgan fingerprint density at radius 2 is 1.16 bits per heavy atom. The van der Waals surface area contributed by atoms with Crippen LogP contribution in [0.25, 0.3) is 22.3 Å². The smallest absolute Gasteiger partial charge is 0.133 e. The van der Waals surface area contributed by atoms with Crippen LogP contribution in [0.4, 0.5) is 0 Å². The summed E-state index contributed by atoms with van der Waals surface area (Å²) in [5.41, 5.74) is 10.3. The number of ether oxygens (including phenoxy) is 2. The first kappa shape index (κ1) is 23.6. The van der Waals surface area contributed by atoms with Crippen molar-refractivity contribution in [2.75, 3.05) is 14.2 Å². The number of hydrogen-bond donors (Lipinski definition) is 0. The number of halogens is 1. The second-order valence-corrected chi connectivity index (χ2v) is 9.84. The lowest BCUT2D eigenvalue weighted by Gasteiger charge is -2.25. The van der Waals surface area contributed by atoms with Crippen molar-refractivity contribution < 1.29 is 9.47 Å². The molecular weight excluding hydrogens is 495 g/mol. The fraction of sp³-hybridized carbons (Fsp3) is 0.357. The molecule has 0 heterocycles. The normalized spacial score (nSPS) is 11.3. The molecule has 3 heteroatoms. The van der Waals surface area contributed by atoms with Gasteiger partial charge in [-0.1, -0.05) is 58.0 Å². The van der Waals surface area contributed by atoms with Crippen LogP contribution in [-0.2, 0) is 0 Å². The molecule has 0 saturated heterocycles. The third-order valence-corrected chi connectivity index (χ3v) is 7.04. The second-order valence-electron chi connectivity index (χ2n) is 8.76. The Balaban J connectivity index is 2.46. The van der Waals surface area contributed by atoms with Gasteiger partial charge in [0.1, 0.15) is 11.5 Å². The van der Waals surface area contributed by atoms with Crippen LogP contribution >= 0.6 is 22.6 Å². The van der Waals surface area contributed by atoms with Crippen molar-refractivity contribution in [3.05, 3.63) is 68.3 Å². The van der Waals surface area contributed by atoms with Crippen LogP contribution in [0.2, 0.25) is 0 Å². The highest BCUT2D eigenvalue weighted by Gasteiger charge is 2.24. The Morgan fingerprint density at radius 3 is 1.61 bits per heavy atom. The maximum absolute atomic E-state index is 5.84. The molecule has 0 radical (unpaired) electrons. The Bertz CT molecular complexity index is 1050. The van der Waals surface area contributed by atoms with Crippen molar-refractivity contribution in [2.45, 2.75) is 53.4 Å². The van der Waals surface area contributed by atoms with Crippen LogP contribution in [0.5, 0.6) is 11.5 Å². The summed E-state index contributed by atoms with van der Waals surface area (Å²) in [6.07, 6.45) is 0. The minimum Gasteiger partial charge on any atom is -0.496 e. The monoisotopic (exact) mass is 528 g/mol. The van der Waals surface area contributed by atoms with Gasteiger partial charge in [0, 0.05) is 5.56 Å². The van der Waals surface area contributed by atoms with Gasteiger partial charge >= 0.3 is 0 Å². The quantitative estimate of drug-likeness (QED) is 0.299. The van der Waals surface area contributed by atoms with E-state index in [0.29, 0.717) is 11.8 Å². The maximum Gasteiger partial charge on any atom is 0.133 e. The van der Waals surface area contributed by atoms with Crippen LogP contribution in [0.15, 0.2) is 42.5 Å². The molecule has 3 aromatic carbocycles. The Morgan fingerprint density at radius 1 is 0.677 bits per heavy atom. The standard InChI is InChI=1S/C28H33IO2/c1-16(2)21-14-20(25-18(5)10-9-11-19(25)6)15-22(17(3)4)26(21)27-23(30-7)12-13-24(31-8)28(27)29/h9-17H,1-8H3. The van der Waals surface area contributed by atoms with Crippen LogP contribution in [0.1, 0.15) is 61.8 Å². The summed E-state index contributed by atoms with van der Waals surface area (Å²) in [5.74, 6) is 2.49. The van der Waals surface area contributed by atoms with Crippen LogP contribution < -0.4 is 9.47 Å². The molecule has 0 aromatic heterocycles. The molecule has 31 heavy (non-hydrogen) atoms. The largest absolute Gasteiger partial charge is 0.496 e. The summed E-state index contributed by atoms with van der Waals surface area (Å²) >= 11 is 2.40. The molecule has 0 aliphatic carbocycles. The predicted molar refractivity (Wildman–Crippen MR) is 141 cm³/mol. The molecule has 0 unspecified atom stereocenters. The van der Waals surface area contributed by atoms with E-state index < -0.39 is 0 Å². The van der Waals surface area contributed by atoms with Gasteiger partial charge in [0.05, 0.1) is 17.8 Å². The topological polar surface area (TPSA) is 18.5 Å². The highest BCUT2D eigenvalue weighted by atomic mass is 127. The highest BCUT2D eigenvalue weighted by Crippen LogP contribution is 2.47. The summed E-state index contributed by atoms with van der Waals surface area (Å²) in [7, 11) is 3.47. The lowest BCUT2D eigenvalue weighted by atomic mass is 9.81. The molecule has 0 atom stereocenters. The number of hydrogen-bond acceptors (Lipinski definition) is 2. The van der Waals surface area contributed by atoms with Gasteiger partial charge in [-0.15, -0.1) is 0 Å². The van der Waals surface area contributed by atoms with Gasteiger partial charge in [0.2, 0.25) is 0 Å². The zero-order valence-electron chi connectivity index (χ0n) is 19.9. The number of methoxy groups -OCH3 is 2. The van der Waals surface area contributed by atoms with Gasteiger partial charge in [-0.2, -0.15) is 0 Å². The summed E-state index contributed by atoms with van der Waals surface area (Å²) in [6.45, 7) is 13.5. The number of aryl methyl sites for hydroxylation is 2. The molecule has 0 bridgehead atoms. The van der Waals surface area contributed by atoms with E-state index in [1.54, 1.807) is 14.2 Å². The van der Waals surface area contributed by atoms with Gasteiger partial charge in [-0.3, -0.25) is 0 Å². The van der Waals surface area contributed by atoms with Crippen molar-refractivity contribution >= 4 is 22.6 Å². The van der Waals surface area contributed by atoms with Crippen molar-refractivity contribution in [1.29, 1.82) is 0 Å². The predicted octanol–water partition coefficient (Wildman–Crippen LogP) is 8.51. The Labute approximate surface area is 201 Å². The maximum atomic E-state index is 5.84. The van der Waals surface area contributed by atoms with E-state index in [1.165, 1.54) is 38.9 Å². The average molecular weight is 528 g/mol. The van der Waals surface area contributed by atoms with Gasteiger partial charge in [0.15, 0.2) is 0 Å². The van der Waals surface area contributed by atoms with E-state index >= 15 is 0 Å². The highest BCUT2D eigenvalue weighted by molar-refractivity contribution is 14.1. The molecule has 164 valence electrons. The van der Waals surface area contributed by atoms with Crippen molar-refractivity contribution in [3.8, 4) is 33.8 Å².